The highest BCUT2D eigenvalue weighted by atomic mass is 19.4. The van der Waals surface area contributed by atoms with Gasteiger partial charge in [-0.1, -0.05) is 56.4 Å². The number of allylic oxidation sites excluding steroid dienone is 11. The lowest BCUT2D eigenvalue weighted by Gasteiger charge is -2.34. The number of alkyl halides is 6. The molecule has 0 aromatic carbocycles. The van der Waals surface area contributed by atoms with Crippen LogP contribution in [0.15, 0.2) is 71.4 Å². The fourth-order valence-corrected chi connectivity index (χ4v) is 2.62. The van der Waals surface area contributed by atoms with Gasteiger partial charge in [0.1, 0.15) is 5.41 Å². The van der Waals surface area contributed by atoms with Gasteiger partial charge in [0, 0.05) is 6.08 Å². The Bertz CT molecular complexity index is 677. The molecule has 6 heteroatoms. The van der Waals surface area contributed by atoms with E-state index in [2.05, 4.69) is 6.58 Å². The lowest BCUT2D eigenvalue weighted by Crippen LogP contribution is -2.37. The van der Waals surface area contributed by atoms with Crippen molar-refractivity contribution in [2.45, 2.75) is 59.8 Å². The molecule has 0 saturated carbocycles. The molecule has 28 heavy (non-hydrogen) atoms. The molecule has 0 aromatic rings. The van der Waals surface area contributed by atoms with Gasteiger partial charge < -0.3 is 0 Å². The van der Waals surface area contributed by atoms with Crippen molar-refractivity contribution < 1.29 is 26.3 Å². The summed E-state index contributed by atoms with van der Waals surface area (Å²) in [6.45, 7) is 11.7. The highest BCUT2D eigenvalue weighted by Crippen LogP contribution is 2.50. The standard InChI is InChI=1S/C22H28F6/c1-7-10-13-20(12-8-2,22(26,27)28)19(15-16(4)5)18(17(6)9-3)11-14-21(23,24)25/h8,10-15H,6-7,9H2,1-5H3. The van der Waals surface area contributed by atoms with Gasteiger partial charge in [0.15, 0.2) is 0 Å². The van der Waals surface area contributed by atoms with Crippen LogP contribution in [0.1, 0.15) is 47.5 Å². The molecule has 0 aliphatic carbocycles. The van der Waals surface area contributed by atoms with Gasteiger partial charge in [-0.15, -0.1) is 0 Å². The minimum Gasteiger partial charge on any atom is -0.169 e. The van der Waals surface area contributed by atoms with E-state index in [1.807, 2.05) is 0 Å². The Morgan fingerprint density at radius 1 is 0.929 bits per heavy atom. The largest absolute Gasteiger partial charge is 0.409 e. The molecule has 0 bridgehead atoms. The zero-order chi connectivity index (χ0) is 22.2. The van der Waals surface area contributed by atoms with Crippen molar-refractivity contribution in [2.75, 3.05) is 0 Å². The summed E-state index contributed by atoms with van der Waals surface area (Å²) in [6.07, 6.45) is -2.35. The highest BCUT2D eigenvalue weighted by molar-refractivity contribution is 5.54. The lowest BCUT2D eigenvalue weighted by atomic mass is 9.73. The van der Waals surface area contributed by atoms with Gasteiger partial charge in [-0.2, -0.15) is 26.3 Å². The van der Waals surface area contributed by atoms with Gasteiger partial charge in [-0.05, 0) is 56.4 Å². The Morgan fingerprint density at radius 3 is 1.86 bits per heavy atom. The molecule has 0 N–H and O–H groups in total. The molecule has 0 nitrogen and oxygen atoms in total. The van der Waals surface area contributed by atoms with E-state index in [1.54, 1.807) is 27.7 Å². The normalized spacial score (nSPS) is 16.5. The van der Waals surface area contributed by atoms with Gasteiger partial charge >= 0.3 is 12.4 Å². The second-order valence-corrected chi connectivity index (χ2v) is 6.56. The first-order valence-corrected chi connectivity index (χ1v) is 8.97. The SMILES string of the molecule is C=C(CC)C(C=CC(F)(F)F)=C(C=C(C)C)C(C=CC)(C=CCC)C(F)(F)F. The molecule has 158 valence electrons. The second kappa shape index (κ2) is 10.5. The Morgan fingerprint density at radius 2 is 1.50 bits per heavy atom. The summed E-state index contributed by atoms with van der Waals surface area (Å²) in [6, 6.07) is 0. The van der Waals surface area contributed by atoms with E-state index < -0.39 is 17.8 Å². The summed E-state index contributed by atoms with van der Waals surface area (Å²) in [7, 11) is 0. The fraction of sp³-hybridized carbons (Fsp3) is 0.455. The average molecular weight is 406 g/mol. The van der Waals surface area contributed by atoms with Crippen molar-refractivity contribution in [3.05, 3.63) is 71.4 Å². The monoisotopic (exact) mass is 406 g/mol. The molecule has 1 atom stereocenters. The van der Waals surface area contributed by atoms with Crippen LogP contribution in [-0.2, 0) is 0 Å². The van der Waals surface area contributed by atoms with E-state index in [1.165, 1.54) is 25.2 Å². The van der Waals surface area contributed by atoms with Crippen molar-refractivity contribution in [3.63, 3.8) is 0 Å². The molecule has 0 aromatic heterocycles. The third-order valence-electron chi connectivity index (χ3n) is 3.93. The summed E-state index contributed by atoms with van der Waals surface area (Å²) in [4.78, 5) is 0. The Balaban J connectivity index is 7.45. The number of halogens is 6. The maximum Gasteiger partial charge on any atom is 0.409 e. The topological polar surface area (TPSA) is 0 Å². The van der Waals surface area contributed by atoms with Crippen molar-refractivity contribution in [1.29, 1.82) is 0 Å². The van der Waals surface area contributed by atoms with Crippen LogP contribution in [-0.4, -0.2) is 12.4 Å². The summed E-state index contributed by atoms with van der Waals surface area (Å²) >= 11 is 0. The summed E-state index contributed by atoms with van der Waals surface area (Å²) in [5.41, 5.74) is -2.30. The van der Waals surface area contributed by atoms with Crippen LogP contribution < -0.4 is 0 Å². The van der Waals surface area contributed by atoms with Crippen LogP contribution in [0.4, 0.5) is 26.3 Å². The predicted molar refractivity (Wildman–Crippen MR) is 104 cm³/mol. The third kappa shape index (κ3) is 7.21. The summed E-state index contributed by atoms with van der Waals surface area (Å²) < 4.78 is 81.4. The molecule has 0 aliphatic heterocycles. The van der Waals surface area contributed by atoms with Crippen LogP contribution in [0, 0.1) is 5.41 Å². The van der Waals surface area contributed by atoms with E-state index in [-0.39, 0.29) is 29.2 Å². The van der Waals surface area contributed by atoms with E-state index in [0.717, 1.165) is 12.2 Å². The van der Waals surface area contributed by atoms with Crippen molar-refractivity contribution >= 4 is 0 Å². The zero-order valence-electron chi connectivity index (χ0n) is 16.9. The van der Waals surface area contributed by atoms with Crippen LogP contribution >= 0.6 is 0 Å². The van der Waals surface area contributed by atoms with Gasteiger partial charge in [-0.3, -0.25) is 0 Å². The van der Waals surface area contributed by atoms with E-state index in [9.17, 15) is 26.3 Å². The fourth-order valence-electron chi connectivity index (χ4n) is 2.62. The van der Waals surface area contributed by atoms with E-state index in [4.69, 9.17) is 0 Å². The molecule has 0 fully saturated rings. The summed E-state index contributed by atoms with van der Waals surface area (Å²) in [5, 5.41) is 0. The van der Waals surface area contributed by atoms with Crippen LogP contribution in [0.5, 0.6) is 0 Å². The van der Waals surface area contributed by atoms with E-state index >= 15 is 0 Å². The smallest absolute Gasteiger partial charge is 0.169 e. The molecule has 0 radical (unpaired) electrons. The minimum atomic E-state index is -4.77. The first-order chi connectivity index (χ1) is 12.8. The molecule has 0 aliphatic rings. The maximum absolute atomic E-state index is 14.3. The Hall–Kier alpha value is -1.98. The number of rotatable bonds is 8. The molecule has 0 rings (SSSR count). The van der Waals surface area contributed by atoms with Crippen molar-refractivity contribution in [1.82, 2.24) is 0 Å². The molecule has 0 saturated heterocycles. The average Bonchev–Trinajstić information content (AvgIpc) is 2.55. The van der Waals surface area contributed by atoms with Crippen LogP contribution in [0.25, 0.3) is 0 Å². The van der Waals surface area contributed by atoms with Crippen LogP contribution in [0.3, 0.4) is 0 Å². The number of hydrogen-bond acceptors (Lipinski definition) is 0. The molecule has 0 amide bonds. The first kappa shape index (κ1) is 26.0. The van der Waals surface area contributed by atoms with Gasteiger partial charge in [0.2, 0.25) is 0 Å². The third-order valence-corrected chi connectivity index (χ3v) is 3.93. The molecule has 0 spiro atoms. The quantitative estimate of drug-likeness (QED) is 0.216. The van der Waals surface area contributed by atoms with Crippen molar-refractivity contribution in [3.8, 4) is 0 Å². The highest BCUT2D eigenvalue weighted by Gasteiger charge is 2.53. The van der Waals surface area contributed by atoms with E-state index in [0.29, 0.717) is 18.1 Å². The minimum absolute atomic E-state index is 0.0532. The molecular weight excluding hydrogens is 378 g/mol. The second-order valence-electron chi connectivity index (χ2n) is 6.56. The molecule has 1 unspecified atom stereocenters. The van der Waals surface area contributed by atoms with Gasteiger partial charge in [0.05, 0.1) is 0 Å². The number of hydrogen-bond donors (Lipinski definition) is 0. The Labute approximate surface area is 163 Å². The first-order valence-electron chi connectivity index (χ1n) is 8.97. The Kier molecular flexibility index (Phi) is 9.79. The maximum atomic E-state index is 14.3. The predicted octanol–water partition coefficient (Wildman–Crippen LogP) is 8.42. The van der Waals surface area contributed by atoms with Crippen molar-refractivity contribution in [2.24, 2.45) is 5.41 Å². The van der Waals surface area contributed by atoms with Gasteiger partial charge in [-0.25, -0.2) is 0 Å². The molecule has 0 heterocycles. The lowest BCUT2D eigenvalue weighted by molar-refractivity contribution is -0.176. The van der Waals surface area contributed by atoms with Gasteiger partial charge in [0.25, 0.3) is 0 Å². The van der Waals surface area contributed by atoms with Crippen LogP contribution in [0.2, 0.25) is 0 Å². The molecular formula is C22H28F6. The summed E-state index contributed by atoms with van der Waals surface area (Å²) in [5.74, 6) is 0. The zero-order valence-corrected chi connectivity index (χ0v) is 16.9.